The van der Waals surface area contributed by atoms with E-state index in [0.29, 0.717) is 5.41 Å². The van der Waals surface area contributed by atoms with Crippen molar-refractivity contribution in [1.82, 2.24) is 10.2 Å². The SMILES string of the molecule is CNC(C)C(=O)N1CCCC(C)(C)C1. The average Bonchev–Trinajstić information content (AvgIpc) is 2.14. The number of nitrogens with zero attached hydrogens (tertiary/aromatic N) is 1. The summed E-state index contributed by atoms with van der Waals surface area (Å²) in [6.07, 6.45) is 2.36. The fraction of sp³-hybridized carbons (Fsp3) is 0.909. The molecular formula is C11H22N2O. The summed E-state index contributed by atoms with van der Waals surface area (Å²) in [5, 5.41) is 3.00. The number of rotatable bonds is 2. The highest BCUT2D eigenvalue weighted by Gasteiger charge is 2.30. The Morgan fingerprint density at radius 1 is 1.50 bits per heavy atom. The van der Waals surface area contributed by atoms with Gasteiger partial charge in [0.2, 0.25) is 5.91 Å². The summed E-state index contributed by atoms with van der Waals surface area (Å²) in [5.74, 6) is 0.236. The van der Waals surface area contributed by atoms with Crippen molar-refractivity contribution in [3.05, 3.63) is 0 Å². The third-order valence-electron chi connectivity index (χ3n) is 3.02. The normalized spacial score (nSPS) is 23.3. The van der Waals surface area contributed by atoms with Crippen molar-refractivity contribution in [3.63, 3.8) is 0 Å². The van der Waals surface area contributed by atoms with Crippen LogP contribution in [0.2, 0.25) is 0 Å². The Labute approximate surface area is 86.9 Å². The first-order valence-corrected chi connectivity index (χ1v) is 5.42. The van der Waals surface area contributed by atoms with E-state index in [1.807, 2.05) is 18.9 Å². The van der Waals surface area contributed by atoms with Gasteiger partial charge in [-0.25, -0.2) is 0 Å². The van der Waals surface area contributed by atoms with Crippen LogP contribution in [0.4, 0.5) is 0 Å². The van der Waals surface area contributed by atoms with Gasteiger partial charge in [0.1, 0.15) is 0 Å². The van der Waals surface area contributed by atoms with Crippen molar-refractivity contribution in [2.45, 2.75) is 39.7 Å². The van der Waals surface area contributed by atoms with Gasteiger partial charge >= 0.3 is 0 Å². The zero-order chi connectivity index (χ0) is 10.8. The Morgan fingerprint density at radius 2 is 2.14 bits per heavy atom. The molecule has 0 aromatic heterocycles. The van der Waals surface area contributed by atoms with Gasteiger partial charge in [-0.1, -0.05) is 13.8 Å². The predicted molar refractivity (Wildman–Crippen MR) is 58.1 cm³/mol. The minimum Gasteiger partial charge on any atom is -0.341 e. The number of piperidine rings is 1. The highest BCUT2D eigenvalue weighted by atomic mass is 16.2. The molecule has 1 amide bonds. The largest absolute Gasteiger partial charge is 0.341 e. The number of likely N-dealkylation sites (tertiary alicyclic amines) is 1. The summed E-state index contributed by atoms with van der Waals surface area (Å²) < 4.78 is 0. The summed E-state index contributed by atoms with van der Waals surface area (Å²) in [6.45, 7) is 8.21. The Bertz CT molecular complexity index is 213. The van der Waals surface area contributed by atoms with E-state index in [0.717, 1.165) is 19.5 Å². The van der Waals surface area contributed by atoms with Crippen LogP contribution < -0.4 is 5.32 Å². The molecule has 3 heteroatoms. The lowest BCUT2D eigenvalue weighted by atomic mass is 9.84. The molecule has 1 aliphatic rings. The Hall–Kier alpha value is -0.570. The molecule has 1 N–H and O–H groups in total. The highest BCUT2D eigenvalue weighted by Crippen LogP contribution is 2.28. The predicted octanol–water partition coefficient (Wildman–Crippen LogP) is 1.24. The van der Waals surface area contributed by atoms with Crippen molar-refractivity contribution < 1.29 is 4.79 Å². The maximum Gasteiger partial charge on any atom is 0.239 e. The van der Waals surface area contributed by atoms with Crippen LogP contribution in [-0.2, 0) is 4.79 Å². The van der Waals surface area contributed by atoms with Gasteiger partial charge in [-0.3, -0.25) is 4.79 Å². The number of likely N-dealkylation sites (N-methyl/N-ethyl adjacent to an activating group) is 1. The third-order valence-corrected chi connectivity index (χ3v) is 3.02. The van der Waals surface area contributed by atoms with E-state index in [1.54, 1.807) is 0 Å². The number of hydrogen-bond donors (Lipinski definition) is 1. The molecule has 1 atom stereocenters. The number of carbonyl (C=O) groups excluding carboxylic acids is 1. The molecular weight excluding hydrogens is 176 g/mol. The van der Waals surface area contributed by atoms with E-state index in [-0.39, 0.29) is 11.9 Å². The second kappa shape index (κ2) is 4.30. The van der Waals surface area contributed by atoms with Crippen LogP contribution in [0, 0.1) is 5.41 Å². The molecule has 1 unspecified atom stereocenters. The molecule has 1 fully saturated rings. The molecule has 1 heterocycles. The standard InChI is InChI=1S/C11H22N2O/c1-9(12-4)10(14)13-7-5-6-11(2,3)8-13/h9,12H,5-8H2,1-4H3. The molecule has 0 saturated carbocycles. The molecule has 0 spiro atoms. The summed E-state index contributed by atoms with van der Waals surface area (Å²) in [4.78, 5) is 13.9. The van der Waals surface area contributed by atoms with Crippen LogP contribution >= 0.6 is 0 Å². The zero-order valence-corrected chi connectivity index (χ0v) is 9.76. The number of nitrogens with one attached hydrogen (secondary N) is 1. The molecule has 14 heavy (non-hydrogen) atoms. The van der Waals surface area contributed by atoms with Gasteiger partial charge in [-0.2, -0.15) is 0 Å². The second-order valence-corrected chi connectivity index (χ2v) is 5.04. The van der Waals surface area contributed by atoms with Gasteiger partial charge in [0, 0.05) is 13.1 Å². The van der Waals surface area contributed by atoms with Crippen molar-refractivity contribution in [1.29, 1.82) is 0 Å². The molecule has 0 radical (unpaired) electrons. The number of amides is 1. The molecule has 1 rings (SSSR count). The van der Waals surface area contributed by atoms with Crippen LogP contribution in [-0.4, -0.2) is 37.0 Å². The Balaban J connectivity index is 2.56. The fourth-order valence-corrected chi connectivity index (χ4v) is 2.01. The van der Waals surface area contributed by atoms with Gasteiger partial charge in [-0.15, -0.1) is 0 Å². The van der Waals surface area contributed by atoms with E-state index < -0.39 is 0 Å². The first kappa shape index (κ1) is 11.5. The van der Waals surface area contributed by atoms with Crippen LogP contribution in [0.5, 0.6) is 0 Å². The topological polar surface area (TPSA) is 32.3 Å². The van der Waals surface area contributed by atoms with Crippen molar-refractivity contribution in [3.8, 4) is 0 Å². The molecule has 0 aromatic carbocycles. The first-order chi connectivity index (χ1) is 6.46. The van der Waals surface area contributed by atoms with E-state index in [9.17, 15) is 4.79 Å². The lowest BCUT2D eigenvalue weighted by Gasteiger charge is -2.39. The molecule has 1 aliphatic heterocycles. The maximum absolute atomic E-state index is 11.9. The average molecular weight is 198 g/mol. The minimum absolute atomic E-state index is 0.0519. The van der Waals surface area contributed by atoms with Crippen molar-refractivity contribution in [2.24, 2.45) is 5.41 Å². The van der Waals surface area contributed by atoms with Crippen LogP contribution in [0.1, 0.15) is 33.6 Å². The van der Waals surface area contributed by atoms with Crippen LogP contribution in [0.3, 0.4) is 0 Å². The van der Waals surface area contributed by atoms with E-state index in [1.165, 1.54) is 6.42 Å². The van der Waals surface area contributed by atoms with Crippen LogP contribution in [0.25, 0.3) is 0 Å². The first-order valence-electron chi connectivity index (χ1n) is 5.42. The molecule has 1 saturated heterocycles. The monoisotopic (exact) mass is 198 g/mol. The molecule has 82 valence electrons. The van der Waals surface area contributed by atoms with Gasteiger partial charge in [0.05, 0.1) is 6.04 Å². The van der Waals surface area contributed by atoms with Crippen LogP contribution in [0.15, 0.2) is 0 Å². The van der Waals surface area contributed by atoms with Crippen molar-refractivity contribution in [2.75, 3.05) is 20.1 Å². The van der Waals surface area contributed by atoms with Gasteiger partial charge in [-0.05, 0) is 32.2 Å². The quantitative estimate of drug-likeness (QED) is 0.724. The summed E-state index contributed by atoms with van der Waals surface area (Å²) in [7, 11) is 1.83. The van der Waals surface area contributed by atoms with Gasteiger partial charge < -0.3 is 10.2 Å². The van der Waals surface area contributed by atoms with E-state index in [2.05, 4.69) is 19.2 Å². The van der Waals surface area contributed by atoms with Gasteiger partial charge in [0.15, 0.2) is 0 Å². The lowest BCUT2D eigenvalue weighted by molar-refractivity contribution is -0.135. The van der Waals surface area contributed by atoms with E-state index >= 15 is 0 Å². The third kappa shape index (κ3) is 2.71. The minimum atomic E-state index is -0.0519. The maximum atomic E-state index is 11.9. The van der Waals surface area contributed by atoms with Gasteiger partial charge in [0.25, 0.3) is 0 Å². The lowest BCUT2D eigenvalue weighted by Crippen LogP contribution is -2.49. The number of carbonyl (C=O) groups is 1. The number of hydrogen-bond acceptors (Lipinski definition) is 2. The second-order valence-electron chi connectivity index (χ2n) is 5.04. The zero-order valence-electron chi connectivity index (χ0n) is 9.76. The Kier molecular flexibility index (Phi) is 3.53. The smallest absolute Gasteiger partial charge is 0.239 e. The summed E-state index contributed by atoms with van der Waals surface area (Å²) in [6, 6.07) is -0.0519. The molecule has 0 aliphatic carbocycles. The Morgan fingerprint density at radius 3 is 2.64 bits per heavy atom. The molecule has 3 nitrogen and oxygen atoms in total. The summed E-state index contributed by atoms with van der Waals surface area (Å²) >= 11 is 0. The highest BCUT2D eigenvalue weighted by molar-refractivity contribution is 5.81. The van der Waals surface area contributed by atoms with Crippen molar-refractivity contribution >= 4 is 5.91 Å². The summed E-state index contributed by atoms with van der Waals surface area (Å²) in [5.41, 5.74) is 0.293. The molecule has 0 bridgehead atoms. The molecule has 0 aromatic rings. The van der Waals surface area contributed by atoms with E-state index in [4.69, 9.17) is 0 Å². The fourth-order valence-electron chi connectivity index (χ4n) is 2.01.